The fourth-order valence-corrected chi connectivity index (χ4v) is 1.72. The van der Waals surface area contributed by atoms with Crippen LogP contribution in [0.1, 0.15) is 0 Å². The molecule has 0 aromatic carbocycles. The average molecular weight is 211 g/mol. The van der Waals surface area contributed by atoms with Crippen molar-refractivity contribution in [3.8, 4) is 0 Å². The number of methoxy groups -OCH3 is 1. The van der Waals surface area contributed by atoms with Crippen LogP contribution >= 0.6 is 10.7 Å². The minimum absolute atomic E-state index is 0.0638. The van der Waals surface area contributed by atoms with Crippen molar-refractivity contribution < 1.29 is 13.2 Å². The molecule has 0 fully saturated rings. The highest BCUT2D eigenvalue weighted by Gasteiger charge is 2.15. The Balaban J connectivity index is 3.08. The predicted octanol–water partition coefficient (Wildman–Crippen LogP) is 0.414. The number of ether oxygens (including phenoxy) is 1. The van der Waals surface area contributed by atoms with Crippen LogP contribution in [-0.2, 0) is 20.5 Å². The van der Waals surface area contributed by atoms with Gasteiger partial charge in [0.05, 0.1) is 6.20 Å². The Kier molecular flexibility index (Phi) is 2.71. The van der Waals surface area contributed by atoms with Crippen molar-refractivity contribution in [1.82, 2.24) is 9.78 Å². The van der Waals surface area contributed by atoms with E-state index >= 15 is 0 Å². The van der Waals surface area contributed by atoms with Gasteiger partial charge in [-0.25, -0.2) is 13.1 Å². The number of hydrogen-bond acceptors (Lipinski definition) is 4. The Hall–Kier alpha value is -0.590. The number of nitrogens with zero attached hydrogens (tertiary/aromatic N) is 2. The summed E-state index contributed by atoms with van der Waals surface area (Å²) in [6.07, 6.45) is 1.34. The number of hydrogen-bond donors (Lipinski definition) is 0. The highest BCUT2D eigenvalue weighted by molar-refractivity contribution is 8.13. The van der Waals surface area contributed by atoms with Crippen molar-refractivity contribution in [2.24, 2.45) is 0 Å². The highest BCUT2D eigenvalue weighted by atomic mass is 35.7. The van der Waals surface area contributed by atoms with E-state index in [0.29, 0.717) is 0 Å². The van der Waals surface area contributed by atoms with Gasteiger partial charge in [0.1, 0.15) is 6.73 Å². The molecule has 0 unspecified atom stereocenters. The van der Waals surface area contributed by atoms with Gasteiger partial charge < -0.3 is 4.74 Å². The van der Waals surface area contributed by atoms with E-state index in [4.69, 9.17) is 15.4 Å². The van der Waals surface area contributed by atoms with Crippen LogP contribution in [-0.4, -0.2) is 25.3 Å². The van der Waals surface area contributed by atoms with Crippen LogP contribution in [0.15, 0.2) is 17.3 Å². The van der Waals surface area contributed by atoms with E-state index in [-0.39, 0.29) is 11.8 Å². The molecule has 1 aromatic rings. The minimum Gasteiger partial charge on any atom is -0.362 e. The van der Waals surface area contributed by atoms with E-state index in [1.165, 1.54) is 19.4 Å². The highest BCUT2D eigenvalue weighted by Crippen LogP contribution is 2.13. The zero-order valence-corrected chi connectivity index (χ0v) is 7.84. The lowest BCUT2D eigenvalue weighted by molar-refractivity contribution is 0.113. The molecule has 68 valence electrons. The molecule has 1 rings (SSSR count). The Morgan fingerprint density at radius 2 is 2.42 bits per heavy atom. The summed E-state index contributed by atoms with van der Waals surface area (Å²) in [6.45, 7) is 0.0638. The van der Waals surface area contributed by atoms with Crippen LogP contribution in [0, 0.1) is 0 Å². The fourth-order valence-electron chi connectivity index (χ4n) is 0.747. The largest absolute Gasteiger partial charge is 0.362 e. The van der Waals surface area contributed by atoms with Crippen molar-refractivity contribution in [3.05, 3.63) is 12.3 Å². The SMILES string of the molecule is COCn1nccc1S(=O)(=O)Cl. The first kappa shape index (κ1) is 9.50. The molecular weight excluding hydrogens is 204 g/mol. The molecule has 0 bridgehead atoms. The third-order valence-electron chi connectivity index (χ3n) is 1.18. The molecule has 0 amide bonds. The number of halogens is 1. The first-order chi connectivity index (χ1) is 5.55. The first-order valence-corrected chi connectivity index (χ1v) is 5.32. The van der Waals surface area contributed by atoms with Crippen LogP contribution in [0.5, 0.6) is 0 Å². The van der Waals surface area contributed by atoms with Gasteiger partial charge in [-0.1, -0.05) is 0 Å². The van der Waals surface area contributed by atoms with Crippen molar-refractivity contribution in [2.75, 3.05) is 7.11 Å². The molecule has 0 spiro atoms. The van der Waals surface area contributed by atoms with Crippen LogP contribution in [0.3, 0.4) is 0 Å². The van der Waals surface area contributed by atoms with Crippen LogP contribution in [0.2, 0.25) is 0 Å². The molecule has 1 heterocycles. The molecule has 0 saturated carbocycles. The molecule has 0 aliphatic rings. The summed E-state index contributed by atoms with van der Waals surface area (Å²) in [5, 5.41) is 3.64. The molecule has 0 saturated heterocycles. The number of aromatic nitrogens is 2. The van der Waals surface area contributed by atoms with Gasteiger partial charge >= 0.3 is 0 Å². The predicted molar refractivity (Wildman–Crippen MR) is 42.3 cm³/mol. The smallest absolute Gasteiger partial charge is 0.278 e. The summed E-state index contributed by atoms with van der Waals surface area (Å²) >= 11 is 0. The second-order valence-electron chi connectivity index (χ2n) is 2.02. The van der Waals surface area contributed by atoms with Gasteiger partial charge in [-0.3, -0.25) is 0 Å². The lowest BCUT2D eigenvalue weighted by Gasteiger charge is -2.01. The topological polar surface area (TPSA) is 61.2 Å². The Bertz CT molecular complexity index is 359. The zero-order valence-electron chi connectivity index (χ0n) is 6.27. The molecule has 5 nitrogen and oxygen atoms in total. The first-order valence-electron chi connectivity index (χ1n) is 3.01. The minimum atomic E-state index is -3.72. The lowest BCUT2D eigenvalue weighted by atomic mass is 10.7. The molecule has 1 aromatic heterocycles. The van der Waals surface area contributed by atoms with E-state index in [0.717, 1.165) is 4.68 Å². The van der Waals surface area contributed by atoms with E-state index < -0.39 is 9.05 Å². The van der Waals surface area contributed by atoms with Gasteiger partial charge in [0, 0.05) is 17.8 Å². The van der Waals surface area contributed by atoms with Gasteiger partial charge in [0.25, 0.3) is 9.05 Å². The van der Waals surface area contributed by atoms with Crippen LogP contribution in [0.25, 0.3) is 0 Å². The summed E-state index contributed by atoms with van der Waals surface area (Å²) in [6, 6.07) is 1.31. The van der Waals surface area contributed by atoms with E-state index in [1.54, 1.807) is 0 Å². The number of rotatable bonds is 3. The molecule has 0 aliphatic heterocycles. The van der Waals surface area contributed by atoms with E-state index in [1.807, 2.05) is 0 Å². The molecule has 0 N–H and O–H groups in total. The molecule has 12 heavy (non-hydrogen) atoms. The standard InChI is InChI=1S/C5H7ClN2O3S/c1-11-4-8-5(2-3-7-8)12(6,9)10/h2-3H,4H2,1H3. The monoisotopic (exact) mass is 210 g/mol. The molecule has 0 radical (unpaired) electrons. The van der Waals surface area contributed by atoms with Crippen molar-refractivity contribution >= 4 is 19.7 Å². The van der Waals surface area contributed by atoms with Gasteiger partial charge in [0.15, 0.2) is 5.03 Å². The third kappa shape index (κ3) is 1.96. The van der Waals surface area contributed by atoms with Gasteiger partial charge in [-0.2, -0.15) is 5.10 Å². The second-order valence-corrected chi connectivity index (χ2v) is 4.54. The lowest BCUT2D eigenvalue weighted by Crippen LogP contribution is -2.07. The zero-order chi connectivity index (χ0) is 9.19. The summed E-state index contributed by atoms with van der Waals surface area (Å²) in [5.74, 6) is 0. The van der Waals surface area contributed by atoms with Gasteiger partial charge in [0.2, 0.25) is 0 Å². The van der Waals surface area contributed by atoms with Gasteiger partial charge in [-0.05, 0) is 6.07 Å². The Morgan fingerprint density at radius 3 is 2.92 bits per heavy atom. The second kappa shape index (κ2) is 3.42. The summed E-state index contributed by atoms with van der Waals surface area (Å²) < 4.78 is 27.5. The van der Waals surface area contributed by atoms with E-state index in [9.17, 15) is 8.42 Å². The maximum Gasteiger partial charge on any atom is 0.278 e. The Labute approximate surface area is 74.3 Å². The van der Waals surface area contributed by atoms with Crippen LogP contribution < -0.4 is 0 Å². The van der Waals surface area contributed by atoms with Crippen molar-refractivity contribution in [1.29, 1.82) is 0 Å². The third-order valence-corrected chi connectivity index (χ3v) is 2.50. The van der Waals surface area contributed by atoms with Gasteiger partial charge in [-0.15, -0.1) is 0 Å². The maximum atomic E-state index is 10.8. The van der Waals surface area contributed by atoms with Crippen LogP contribution in [0.4, 0.5) is 0 Å². The molecule has 0 aliphatic carbocycles. The normalized spacial score (nSPS) is 11.8. The fraction of sp³-hybridized carbons (Fsp3) is 0.400. The average Bonchev–Trinajstić information content (AvgIpc) is 2.34. The summed E-state index contributed by atoms with van der Waals surface area (Å²) in [7, 11) is 2.81. The van der Waals surface area contributed by atoms with E-state index in [2.05, 4.69) is 5.10 Å². The summed E-state index contributed by atoms with van der Waals surface area (Å²) in [4.78, 5) is 0. The molecule has 7 heteroatoms. The maximum absolute atomic E-state index is 10.8. The quantitative estimate of drug-likeness (QED) is 0.679. The van der Waals surface area contributed by atoms with Crippen molar-refractivity contribution in [2.45, 2.75) is 11.8 Å². The Morgan fingerprint density at radius 1 is 1.75 bits per heavy atom. The van der Waals surface area contributed by atoms with Crippen molar-refractivity contribution in [3.63, 3.8) is 0 Å². The molecular formula is C5H7ClN2O3S. The summed E-state index contributed by atoms with van der Waals surface area (Å²) in [5.41, 5.74) is 0. The molecule has 0 atom stereocenters.